The van der Waals surface area contributed by atoms with Crippen LogP contribution in [0.2, 0.25) is 0 Å². The Morgan fingerprint density at radius 3 is 2.80 bits per heavy atom. The zero-order valence-electron chi connectivity index (χ0n) is 10.1. The van der Waals surface area contributed by atoms with Crippen LogP contribution in [0.15, 0.2) is 40.2 Å². The van der Waals surface area contributed by atoms with Gasteiger partial charge >= 0.3 is 5.97 Å². The van der Waals surface area contributed by atoms with Crippen LogP contribution in [0.25, 0.3) is 0 Å². The minimum absolute atomic E-state index is 0.234. The molecule has 0 bridgehead atoms. The average Bonchev–Trinajstić information content (AvgIpc) is 2.83. The first kappa shape index (κ1) is 14.5. The molecule has 0 atom stereocenters. The number of anilines is 1. The molecule has 1 aromatic heterocycles. The molecule has 0 saturated carbocycles. The predicted octanol–water partition coefficient (Wildman–Crippen LogP) is 3.23. The molecule has 0 aliphatic rings. The van der Waals surface area contributed by atoms with Crippen LogP contribution >= 0.6 is 27.3 Å². The zero-order valence-corrected chi connectivity index (χ0v) is 12.5. The molecule has 0 spiro atoms. The summed E-state index contributed by atoms with van der Waals surface area (Å²) in [4.78, 5) is 23.0. The quantitative estimate of drug-likeness (QED) is 0.863. The highest BCUT2D eigenvalue weighted by Gasteiger charge is 2.12. The molecule has 1 amide bonds. The van der Waals surface area contributed by atoms with Gasteiger partial charge in [0, 0.05) is 16.2 Å². The number of aliphatic carboxylic acids is 1. The smallest absolute Gasteiger partial charge is 0.341 e. The number of carbonyl (C=O) groups is 2. The van der Waals surface area contributed by atoms with E-state index in [9.17, 15) is 9.59 Å². The Bertz CT molecular complexity index is 641. The van der Waals surface area contributed by atoms with Crippen molar-refractivity contribution < 1.29 is 19.4 Å². The molecule has 104 valence electrons. The number of nitrogens with one attached hydrogen (secondary N) is 1. The van der Waals surface area contributed by atoms with E-state index in [2.05, 4.69) is 21.2 Å². The van der Waals surface area contributed by atoms with Crippen molar-refractivity contribution in [1.29, 1.82) is 0 Å². The first-order valence-corrected chi connectivity index (χ1v) is 7.22. The molecule has 0 aliphatic heterocycles. The summed E-state index contributed by atoms with van der Waals surface area (Å²) < 4.78 is 5.78. The lowest BCUT2D eigenvalue weighted by Crippen LogP contribution is -2.12. The third-order valence-electron chi connectivity index (χ3n) is 2.28. The number of benzene rings is 1. The summed E-state index contributed by atoms with van der Waals surface area (Å²) in [7, 11) is 0. The standard InChI is InChI=1S/C13H10BrNO4S/c14-10-4-5-20-12(10)13(18)15-8-2-1-3-9(6-8)19-7-11(16)17/h1-6H,7H2,(H,15,18)(H,16,17). The van der Waals surface area contributed by atoms with Crippen molar-refractivity contribution in [3.05, 3.63) is 45.1 Å². The van der Waals surface area contributed by atoms with Gasteiger partial charge in [-0.1, -0.05) is 6.07 Å². The van der Waals surface area contributed by atoms with Gasteiger partial charge in [0.2, 0.25) is 0 Å². The maximum atomic E-state index is 12.0. The summed E-state index contributed by atoms with van der Waals surface area (Å²) in [6.07, 6.45) is 0. The first-order chi connectivity index (χ1) is 9.56. The van der Waals surface area contributed by atoms with E-state index in [1.165, 1.54) is 11.3 Å². The Balaban J connectivity index is 2.06. The second kappa shape index (κ2) is 6.53. The summed E-state index contributed by atoms with van der Waals surface area (Å²) in [5, 5.41) is 13.1. The number of ether oxygens (including phenoxy) is 1. The third kappa shape index (κ3) is 3.82. The van der Waals surface area contributed by atoms with Crippen LogP contribution in [-0.2, 0) is 4.79 Å². The average molecular weight is 356 g/mol. The highest BCUT2D eigenvalue weighted by atomic mass is 79.9. The van der Waals surface area contributed by atoms with Crippen LogP contribution in [0.3, 0.4) is 0 Å². The number of carboxylic acids is 1. The molecular formula is C13H10BrNO4S. The molecule has 1 aromatic carbocycles. The van der Waals surface area contributed by atoms with E-state index in [-0.39, 0.29) is 5.91 Å². The third-order valence-corrected chi connectivity index (χ3v) is 4.11. The lowest BCUT2D eigenvalue weighted by molar-refractivity contribution is -0.139. The molecule has 2 aromatic rings. The van der Waals surface area contributed by atoms with E-state index in [4.69, 9.17) is 9.84 Å². The van der Waals surface area contributed by atoms with Crippen LogP contribution in [0, 0.1) is 0 Å². The van der Waals surface area contributed by atoms with E-state index >= 15 is 0 Å². The van der Waals surface area contributed by atoms with Crippen LogP contribution in [-0.4, -0.2) is 23.6 Å². The van der Waals surface area contributed by atoms with Gasteiger partial charge in [-0.05, 0) is 39.5 Å². The minimum Gasteiger partial charge on any atom is -0.482 e. The Labute approximate surface area is 127 Å². The molecule has 1 heterocycles. The fourth-order valence-corrected chi connectivity index (χ4v) is 2.90. The lowest BCUT2D eigenvalue weighted by atomic mass is 10.3. The Hall–Kier alpha value is -1.86. The summed E-state index contributed by atoms with van der Waals surface area (Å²) in [5.74, 6) is -0.903. The number of halogens is 1. The van der Waals surface area contributed by atoms with Crippen molar-refractivity contribution in [3.8, 4) is 5.75 Å². The molecule has 5 nitrogen and oxygen atoms in total. The van der Waals surface area contributed by atoms with Crippen molar-refractivity contribution in [2.45, 2.75) is 0 Å². The van der Waals surface area contributed by atoms with Crippen LogP contribution < -0.4 is 10.1 Å². The van der Waals surface area contributed by atoms with Gasteiger partial charge in [0.05, 0.1) is 0 Å². The van der Waals surface area contributed by atoms with E-state index in [0.29, 0.717) is 16.3 Å². The van der Waals surface area contributed by atoms with E-state index in [0.717, 1.165) is 4.47 Å². The second-order valence-electron chi connectivity index (χ2n) is 3.76. The SMILES string of the molecule is O=C(O)COc1cccc(NC(=O)c2sccc2Br)c1. The highest BCUT2D eigenvalue weighted by Crippen LogP contribution is 2.24. The molecule has 0 radical (unpaired) electrons. The van der Waals surface area contributed by atoms with Gasteiger partial charge in [-0.15, -0.1) is 11.3 Å². The molecule has 2 N–H and O–H groups in total. The van der Waals surface area contributed by atoms with E-state index in [1.54, 1.807) is 30.3 Å². The molecule has 7 heteroatoms. The van der Waals surface area contributed by atoms with E-state index in [1.807, 2.05) is 5.38 Å². The summed E-state index contributed by atoms with van der Waals surface area (Å²) >= 11 is 4.62. The fourth-order valence-electron chi connectivity index (χ4n) is 1.45. The van der Waals surface area contributed by atoms with Gasteiger partial charge in [0.1, 0.15) is 10.6 Å². The van der Waals surface area contributed by atoms with Gasteiger partial charge in [-0.3, -0.25) is 4.79 Å². The first-order valence-electron chi connectivity index (χ1n) is 5.55. The van der Waals surface area contributed by atoms with Crippen LogP contribution in [0.5, 0.6) is 5.75 Å². The molecule has 0 saturated heterocycles. The highest BCUT2D eigenvalue weighted by molar-refractivity contribution is 9.10. The molecule has 0 aliphatic carbocycles. The number of amides is 1. The van der Waals surface area contributed by atoms with Crippen molar-refractivity contribution in [1.82, 2.24) is 0 Å². The number of carboxylic acid groups (broad SMARTS) is 1. The van der Waals surface area contributed by atoms with Crippen molar-refractivity contribution in [3.63, 3.8) is 0 Å². The number of carbonyl (C=O) groups excluding carboxylic acids is 1. The van der Waals surface area contributed by atoms with Gasteiger partial charge in [-0.25, -0.2) is 4.79 Å². The normalized spacial score (nSPS) is 10.1. The molecule has 2 rings (SSSR count). The largest absolute Gasteiger partial charge is 0.482 e. The Kier molecular flexibility index (Phi) is 4.75. The van der Waals surface area contributed by atoms with Gasteiger partial charge in [-0.2, -0.15) is 0 Å². The van der Waals surface area contributed by atoms with Gasteiger partial charge < -0.3 is 15.2 Å². The minimum atomic E-state index is -1.05. The van der Waals surface area contributed by atoms with Crippen molar-refractivity contribution >= 4 is 44.8 Å². The Morgan fingerprint density at radius 2 is 2.15 bits per heavy atom. The number of hydrogen-bond donors (Lipinski definition) is 2. The Morgan fingerprint density at radius 1 is 1.35 bits per heavy atom. The number of thiophene rings is 1. The van der Waals surface area contributed by atoms with Gasteiger partial charge in [0.15, 0.2) is 6.61 Å². The second-order valence-corrected chi connectivity index (χ2v) is 5.53. The maximum absolute atomic E-state index is 12.0. The van der Waals surface area contributed by atoms with E-state index < -0.39 is 12.6 Å². The number of hydrogen-bond acceptors (Lipinski definition) is 4. The molecular weight excluding hydrogens is 346 g/mol. The van der Waals surface area contributed by atoms with Gasteiger partial charge in [0.25, 0.3) is 5.91 Å². The van der Waals surface area contributed by atoms with Crippen LogP contribution in [0.4, 0.5) is 5.69 Å². The summed E-state index contributed by atoms with van der Waals surface area (Å²) in [6.45, 7) is -0.423. The predicted molar refractivity (Wildman–Crippen MR) is 79.5 cm³/mol. The van der Waals surface area contributed by atoms with Crippen LogP contribution in [0.1, 0.15) is 9.67 Å². The monoisotopic (exact) mass is 355 g/mol. The molecule has 0 unspecified atom stereocenters. The molecule has 0 fully saturated rings. The summed E-state index contributed by atoms with van der Waals surface area (Å²) in [5.41, 5.74) is 0.540. The fraction of sp³-hybridized carbons (Fsp3) is 0.0769. The zero-order chi connectivity index (χ0) is 14.5. The summed E-state index contributed by atoms with van der Waals surface area (Å²) in [6, 6.07) is 8.37. The van der Waals surface area contributed by atoms with Crippen molar-refractivity contribution in [2.75, 3.05) is 11.9 Å². The van der Waals surface area contributed by atoms with Crippen molar-refractivity contribution in [2.24, 2.45) is 0 Å². The maximum Gasteiger partial charge on any atom is 0.341 e. The lowest BCUT2D eigenvalue weighted by Gasteiger charge is -2.07. The number of rotatable bonds is 5. The topological polar surface area (TPSA) is 75.6 Å². The molecule has 20 heavy (non-hydrogen) atoms.